The van der Waals surface area contributed by atoms with Crippen LogP contribution in [0.15, 0.2) is 0 Å². The minimum absolute atomic E-state index is 0.0892. The fourth-order valence-electron chi connectivity index (χ4n) is 0.586. The van der Waals surface area contributed by atoms with Gasteiger partial charge in [0.05, 0.1) is 0 Å². The molecule has 3 nitrogen and oxygen atoms in total. The number of hydrogen-bond donors (Lipinski definition) is 1. The molecule has 0 aliphatic heterocycles. The van der Waals surface area contributed by atoms with E-state index in [9.17, 15) is 9.59 Å². The normalized spacial score (nSPS) is 12.6. The van der Waals surface area contributed by atoms with Crippen LogP contribution in [0.2, 0.25) is 0 Å². The molecule has 3 heteroatoms. The molecule has 0 aliphatic rings. The Hall–Kier alpha value is -0.860. The van der Waals surface area contributed by atoms with Crippen molar-refractivity contribution in [1.29, 1.82) is 0 Å². The number of primary amides is 1. The van der Waals surface area contributed by atoms with Gasteiger partial charge in [0, 0.05) is 18.8 Å². The molecule has 0 saturated carbocycles. The van der Waals surface area contributed by atoms with E-state index in [0.717, 1.165) is 0 Å². The second kappa shape index (κ2) is 4.04. The Bertz CT molecular complexity index is 143. The van der Waals surface area contributed by atoms with Crippen LogP contribution in [0.25, 0.3) is 0 Å². The van der Waals surface area contributed by atoms with Crippen LogP contribution in [-0.4, -0.2) is 11.7 Å². The van der Waals surface area contributed by atoms with Crippen molar-refractivity contribution in [2.45, 2.75) is 26.7 Å². The van der Waals surface area contributed by atoms with E-state index in [1.807, 2.05) is 0 Å². The lowest BCUT2D eigenvalue weighted by Crippen LogP contribution is -2.22. The van der Waals surface area contributed by atoms with Gasteiger partial charge in [-0.05, 0) is 0 Å². The molecule has 2 N–H and O–H groups in total. The van der Waals surface area contributed by atoms with Crippen LogP contribution >= 0.6 is 0 Å². The first kappa shape index (κ1) is 9.14. The highest BCUT2D eigenvalue weighted by Gasteiger charge is 2.11. The van der Waals surface area contributed by atoms with Gasteiger partial charge in [-0.15, -0.1) is 0 Å². The second-order valence-corrected chi connectivity index (χ2v) is 2.40. The molecular formula is C7H13NO2. The number of amides is 1. The highest BCUT2D eigenvalue weighted by atomic mass is 16.1. The third-order valence-electron chi connectivity index (χ3n) is 1.41. The quantitative estimate of drug-likeness (QED) is 0.622. The number of carbonyl (C=O) groups is 2. The van der Waals surface area contributed by atoms with Gasteiger partial charge in [-0.1, -0.05) is 13.8 Å². The maximum Gasteiger partial charge on any atom is 0.220 e. The monoisotopic (exact) mass is 143 g/mol. The Kier molecular flexibility index (Phi) is 3.69. The Morgan fingerprint density at radius 3 is 2.30 bits per heavy atom. The Morgan fingerprint density at radius 1 is 1.50 bits per heavy atom. The fourth-order valence-corrected chi connectivity index (χ4v) is 0.586. The van der Waals surface area contributed by atoms with Crippen molar-refractivity contribution in [2.75, 3.05) is 0 Å². The number of rotatable bonds is 4. The van der Waals surface area contributed by atoms with Crippen LogP contribution in [0.4, 0.5) is 0 Å². The molecule has 0 bridgehead atoms. The van der Waals surface area contributed by atoms with Crippen molar-refractivity contribution in [3.63, 3.8) is 0 Å². The van der Waals surface area contributed by atoms with Crippen LogP contribution in [0.5, 0.6) is 0 Å². The van der Waals surface area contributed by atoms with Gasteiger partial charge >= 0.3 is 0 Å². The zero-order valence-corrected chi connectivity index (χ0v) is 6.39. The number of nitrogens with two attached hydrogens (primary N) is 1. The summed E-state index contributed by atoms with van der Waals surface area (Å²) in [5, 5.41) is 0. The molecule has 0 heterocycles. The minimum atomic E-state index is -0.401. The first-order valence-electron chi connectivity index (χ1n) is 3.39. The van der Waals surface area contributed by atoms with Crippen molar-refractivity contribution in [1.82, 2.24) is 0 Å². The molecule has 0 rings (SSSR count). The molecule has 10 heavy (non-hydrogen) atoms. The van der Waals surface area contributed by atoms with Crippen LogP contribution in [0.1, 0.15) is 26.7 Å². The van der Waals surface area contributed by atoms with Crippen molar-refractivity contribution in [3.8, 4) is 0 Å². The SMILES string of the molecule is CCC(=O)CC(C)C(N)=O. The fraction of sp³-hybridized carbons (Fsp3) is 0.714. The average Bonchev–Trinajstić information content (AvgIpc) is 1.87. The van der Waals surface area contributed by atoms with Gasteiger partial charge in [0.15, 0.2) is 0 Å². The number of ketones is 1. The van der Waals surface area contributed by atoms with Gasteiger partial charge in [0.25, 0.3) is 0 Å². The molecular weight excluding hydrogens is 130 g/mol. The number of carbonyl (C=O) groups excluding carboxylic acids is 2. The van der Waals surface area contributed by atoms with Gasteiger partial charge < -0.3 is 5.73 Å². The third-order valence-corrected chi connectivity index (χ3v) is 1.41. The first-order chi connectivity index (χ1) is 4.57. The molecule has 0 aliphatic carbocycles. The summed E-state index contributed by atoms with van der Waals surface area (Å²) in [6, 6.07) is 0. The lowest BCUT2D eigenvalue weighted by molar-refractivity contribution is -0.126. The molecule has 0 saturated heterocycles. The predicted octanol–water partition coefficient (Wildman–Crippen LogP) is 0.477. The minimum Gasteiger partial charge on any atom is -0.369 e. The molecule has 0 fully saturated rings. The molecule has 1 atom stereocenters. The van der Waals surface area contributed by atoms with Gasteiger partial charge in [-0.2, -0.15) is 0 Å². The number of hydrogen-bond acceptors (Lipinski definition) is 2. The van der Waals surface area contributed by atoms with Gasteiger partial charge in [-0.25, -0.2) is 0 Å². The third kappa shape index (κ3) is 3.22. The molecule has 58 valence electrons. The lowest BCUT2D eigenvalue weighted by Gasteiger charge is -2.02. The Labute approximate surface area is 60.6 Å². The van der Waals surface area contributed by atoms with Gasteiger partial charge in [0.1, 0.15) is 5.78 Å². The summed E-state index contributed by atoms with van der Waals surface area (Å²) >= 11 is 0. The van der Waals surface area contributed by atoms with E-state index in [4.69, 9.17) is 5.73 Å². The molecule has 0 aromatic heterocycles. The lowest BCUT2D eigenvalue weighted by atomic mass is 10.0. The van der Waals surface area contributed by atoms with Crippen molar-refractivity contribution in [2.24, 2.45) is 11.7 Å². The van der Waals surface area contributed by atoms with E-state index >= 15 is 0 Å². The highest BCUT2D eigenvalue weighted by Crippen LogP contribution is 2.02. The number of Topliss-reactive ketones (excluding diaryl/α,β-unsaturated/α-hetero) is 1. The second-order valence-electron chi connectivity index (χ2n) is 2.40. The van der Waals surface area contributed by atoms with E-state index in [2.05, 4.69) is 0 Å². The topological polar surface area (TPSA) is 60.2 Å². The molecule has 1 amide bonds. The summed E-state index contributed by atoms with van der Waals surface area (Å²) in [6.07, 6.45) is 0.767. The van der Waals surface area contributed by atoms with Crippen LogP contribution in [-0.2, 0) is 9.59 Å². The molecule has 0 aromatic rings. The smallest absolute Gasteiger partial charge is 0.220 e. The van der Waals surface area contributed by atoms with Gasteiger partial charge in [-0.3, -0.25) is 9.59 Å². The van der Waals surface area contributed by atoms with E-state index in [1.165, 1.54) is 0 Å². The average molecular weight is 143 g/mol. The van der Waals surface area contributed by atoms with E-state index < -0.39 is 5.91 Å². The Morgan fingerprint density at radius 2 is 2.00 bits per heavy atom. The van der Waals surface area contributed by atoms with Crippen molar-refractivity contribution < 1.29 is 9.59 Å². The molecule has 0 spiro atoms. The summed E-state index contributed by atoms with van der Waals surface area (Å²) in [7, 11) is 0. The standard InChI is InChI=1S/C7H13NO2/c1-3-6(9)4-5(2)7(8)10/h5H,3-4H2,1-2H3,(H2,8,10). The van der Waals surface area contributed by atoms with E-state index in [0.29, 0.717) is 6.42 Å². The van der Waals surface area contributed by atoms with Crippen molar-refractivity contribution in [3.05, 3.63) is 0 Å². The Balaban J connectivity index is 3.68. The zero-order valence-electron chi connectivity index (χ0n) is 6.39. The van der Waals surface area contributed by atoms with Crippen LogP contribution < -0.4 is 5.73 Å². The summed E-state index contributed by atoms with van der Waals surface area (Å²) in [5.74, 6) is -0.624. The maximum atomic E-state index is 10.7. The summed E-state index contributed by atoms with van der Waals surface area (Å²) in [5.41, 5.74) is 4.95. The van der Waals surface area contributed by atoms with Crippen LogP contribution in [0, 0.1) is 5.92 Å². The first-order valence-corrected chi connectivity index (χ1v) is 3.39. The van der Waals surface area contributed by atoms with E-state index in [1.54, 1.807) is 13.8 Å². The highest BCUT2D eigenvalue weighted by molar-refractivity contribution is 5.85. The summed E-state index contributed by atoms with van der Waals surface area (Å²) in [4.78, 5) is 21.1. The molecule has 0 radical (unpaired) electrons. The van der Waals surface area contributed by atoms with Crippen LogP contribution in [0.3, 0.4) is 0 Å². The summed E-state index contributed by atoms with van der Waals surface area (Å²) < 4.78 is 0. The molecule has 1 unspecified atom stereocenters. The van der Waals surface area contributed by atoms with Gasteiger partial charge in [0.2, 0.25) is 5.91 Å². The zero-order chi connectivity index (χ0) is 8.15. The van der Waals surface area contributed by atoms with E-state index in [-0.39, 0.29) is 18.1 Å². The molecule has 0 aromatic carbocycles. The largest absolute Gasteiger partial charge is 0.369 e. The maximum absolute atomic E-state index is 10.7. The summed E-state index contributed by atoms with van der Waals surface area (Å²) in [6.45, 7) is 3.44. The van der Waals surface area contributed by atoms with Crippen molar-refractivity contribution >= 4 is 11.7 Å². The predicted molar refractivity (Wildman–Crippen MR) is 38.3 cm³/mol.